The van der Waals surface area contributed by atoms with Gasteiger partial charge in [-0.05, 0) is 24.7 Å². The van der Waals surface area contributed by atoms with Crippen LogP contribution in [0.1, 0.15) is 72.4 Å². The van der Waals surface area contributed by atoms with Gasteiger partial charge in [0.15, 0.2) is 0 Å². The van der Waals surface area contributed by atoms with Gasteiger partial charge in [0, 0.05) is 49.5 Å². The van der Waals surface area contributed by atoms with E-state index in [1.807, 2.05) is 49.8 Å². The maximum Gasteiger partial charge on any atom is 0.114 e. The zero-order valence-electron chi connectivity index (χ0n) is 21.1. The van der Waals surface area contributed by atoms with Crippen molar-refractivity contribution < 1.29 is 0 Å². The van der Waals surface area contributed by atoms with Gasteiger partial charge in [-0.3, -0.25) is 4.68 Å². The van der Waals surface area contributed by atoms with Crippen molar-refractivity contribution in [2.45, 2.75) is 72.9 Å². The van der Waals surface area contributed by atoms with Gasteiger partial charge in [0.05, 0.1) is 29.3 Å². The number of aliphatic imine (C=N–C) groups is 1. The van der Waals surface area contributed by atoms with E-state index in [0.29, 0.717) is 23.9 Å². The first kappa shape index (κ1) is 26.2. The number of hydrogen-bond donors (Lipinski definition) is 2. The van der Waals surface area contributed by atoms with Crippen LogP contribution in [0.2, 0.25) is 0 Å². The van der Waals surface area contributed by atoms with Crippen molar-refractivity contribution in [2.24, 2.45) is 15.6 Å². The molecule has 0 spiro atoms. The highest BCUT2D eigenvalue weighted by atomic mass is 16.3. The van der Waals surface area contributed by atoms with Crippen LogP contribution in [0.15, 0.2) is 58.0 Å². The summed E-state index contributed by atoms with van der Waals surface area (Å²) >= 11 is 0. The topological polar surface area (TPSA) is 98.7 Å². The predicted molar refractivity (Wildman–Crippen MR) is 137 cm³/mol. The lowest BCUT2D eigenvalue weighted by Gasteiger charge is -2.26. The molecule has 0 radical (unpaired) electrons. The minimum absolute atomic E-state index is 0.238. The summed E-state index contributed by atoms with van der Waals surface area (Å²) in [5.41, 5.74) is 3.86. The first-order valence-electron chi connectivity index (χ1n) is 11.7. The van der Waals surface area contributed by atoms with Crippen molar-refractivity contribution >= 4 is 11.9 Å². The maximum absolute atomic E-state index is 11.2. The van der Waals surface area contributed by atoms with Gasteiger partial charge in [0.1, 0.15) is 6.04 Å². The summed E-state index contributed by atoms with van der Waals surface area (Å²) in [6, 6.07) is -0.0180. The highest BCUT2D eigenvalue weighted by molar-refractivity contribution is 6.13. The quantitative estimate of drug-likeness (QED) is 0.345. The van der Waals surface area contributed by atoms with Gasteiger partial charge in [-0.1, -0.05) is 52.8 Å². The first-order chi connectivity index (χ1) is 15.7. The van der Waals surface area contributed by atoms with Crippen molar-refractivity contribution in [1.82, 2.24) is 20.0 Å². The Hall–Kier alpha value is -3.03. The van der Waals surface area contributed by atoms with Gasteiger partial charge in [-0.25, -0.2) is 4.99 Å². The molecule has 2 N–H and O–H groups in total. The second kappa shape index (κ2) is 11.7. The Morgan fingerprint density at radius 1 is 1.27 bits per heavy atom. The average Bonchev–Trinajstić information content (AvgIpc) is 3.25. The summed E-state index contributed by atoms with van der Waals surface area (Å²) in [5, 5.41) is 19.0. The number of allylic oxidation sites excluding steroid dienone is 3. The first-order valence-corrected chi connectivity index (χ1v) is 11.7. The lowest BCUT2D eigenvalue weighted by molar-refractivity contribution is 0.317. The number of aromatic nitrogens is 2. The minimum Gasteiger partial charge on any atom is -0.388 e. The van der Waals surface area contributed by atoms with Crippen molar-refractivity contribution in [3.63, 3.8) is 0 Å². The molecule has 1 aliphatic rings. The van der Waals surface area contributed by atoms with Crippen LogP contribution in [-0.4, -0.2) is 46.2 Å². The van der Waals surface area contributed by atoms with E-state index >= 15 is 0 Å². The Morgan fingerprint density at radius 2 is 1.97 bits per heavy atom. The van der Waals surface area contributed by atoms with Crippen LogP contribution in [-0.2, 0) is 0 Å². The van der Waals surface area contributed by atoms with Gasteiger partial charge in [0.25, 0.3) is 0 Å². The molecule has 1 atom stereocenters. The Labute approximate surface area is 198 Å². The van der Waals surface area contributed by atoms with E-state index in [9.17, 15) is 4.91 Å². The molecule has 1 aromatic heterocycles. The molecule has 1 aromatic rings. The molecule has 8 heteroatoms. The fourth-order valence-corrected chi connectivity index (χ4v) is 3.71. The summed E-state index contributed by atoms with van der Waals surface area (Å²) < 4.78 is 2.02. The molecule has 0 aliphatic carbocycles. The molecule has 0 bridgehead atoms. The number of hydrogen-bond acceptors (Lipinski definition) is 7. The second-order valence-corrected chi connectivity index (χ2v) is 9.40. The van der Waals surface area contributed by atoms with Crippen LogP contribution in [0.4, 0.5) is 0 Å². The fourth-order valence-electron chi connectivity index (χ4n) is 3.71. The number of nitroso groups, excluding NO2 is 1. The average molecular weight is 454 g/mol. The lowest BCUT2D eigenvalue weighted by atomic mass is 9.87. The number of rotatable bonds is 11. The molecular formula is C25H39N7O. The maximum atomic E-state index is 11.2. The van der Waals surface area contributed by atoms with Gasteiger partial charge < -0.3 is 15.6 Å². The Balaban J connectivity index is 2.39. The zero-order chi connectivity index (χ0) is 24.6. The van der Waals surface area contributed by atoms with E-state index in [0.717, 1.165) is 36.2 Å². The van der Waals surface area contributed by atoms with Crippen LogP contribution < -0.4 is 5.32 Å². The molecule has 0 saturated carbocycles. The van der Waals surface area contributed by atoms with Crippen LogP contribution >= 0.6 is 0 Å². The summed E-state index contributed by atoms with van der Waals surface area (Å²) in [5.74, 6) is 0. The van der Waals surface area contributed by atoms with Crippen LogP contribution in [0.5, 0.6) is 0 Å². The van der Waals surface area contributed by atoms with Gasteiger partial charge >= 0.3 is 0 Å². The van der Waals surface area contributed by atoms with E-state index in [1.54, 1.807) is 6.20 Å². The fraction of sp³-hybridized carbons (Fsp3) is 0.560. The van der Waals surface area contributed by atoms with E-state index < -0.39 is 0 Å². The van der Waals surface area contributed by atoms with Crippen LogP contribution in [0.25, 0.3) is 0 Å². The van der Waals surface area contributed by atoms with Crippen molar-refractivity contribution in [3.8, 4) is 0 Å². The SMILES string of the molecule is CC/C=C1/C(c2cnn(C(CC)CC)c2)=NC(/C(C=N)=C/NCC(N=O)C(C)(C)C)=CN1C. The van der Waals surface area contributed by atoms with Crippen LogP contribution in [0.3, 0.4) is 0 Å². The highest BCUT2D eigenvalue weighted by Gasteiger charge is 2.25. The van der Waals surface area contributed by atoms with Crippen molar-refractivity contribution in [1.29, 1.82) is 5.41 Å². The zero-order valence-corrected chi connectivity index (χ0v) is 21.1. The number of nitrogens with zero attached hydrogens (tertiary/aromatic N) is 5. The molecule has 0 aromatic carbocycles. The van der Waals surface area contributed by atoms with Gasteiger partial charge in [-0.15, -0.1) is 0 Å². The van der Waals surface area contributed by atoms with E-state index in [1.165, 1.54) is 6.21 Å². The van der Waals surface area contributed by atoms with Crippen molar-refractivity contribution in [2.75, 3.05) is 13.6 Å². The number of likely N-dealkylation sites (N-methyl/N-ethyl adjacent to an activating group) is 1. The summed E-state index contributed by atoms with van der Waals surface area (Å²) in [4.78, 5) is 18.2. The molecule has 1 aliphatic heterocycles. The normalized spacial score (nSPS) is 17.2. The Morgan fingerprint density at radius 3 is 2.52 bits per heavy atom. The third kappa shape index (κ3) is 6.49. The number of nitrogens with one attached hydrogen (secondary N) is 2. The largest absolute Gasteiger partial charge is 0.388 e. The van der Waals surface area contributed by atoms with E-state index in [4.69, 9.17) is 10.4 Å². The molecular weight excluding hydrogens is 414 g/mol. The molecule has 8 nitrogen and oxygen atoms in total. The Bertz CT molecular complexity index is 942. The van der Waals surface area contributed by atoms with Crippen LogP contribution in [0, 0.1) is 15.7 Å². The third-order valence-corrected chi connectivity index (χ3v) is 5.91. The smallest absolute Gasteiger partial charge is 0.114 e. The molecule has 0 saturated heterocycles. The predicted octanol–water partition coefficient (Wildman–Crippen LogP) is 5.42. The summed E-state index contributed by atoms with van der Waals surface area (Å²) in [7, 11) is 1.99. The monoisotopic (exact) mass is 453 g/mol. The summed E-state index contributed by atoms with van der Waals surface area (Å²) in [6.45, 7) is 12.8. The molecule has 1 unspecified atom stereocenters. The second-order valence-electron chi connectivity index (χ2n) is 9.40. The van der Waals surface area contributed by atoms with E-state index in [-0.39, 0.29) is 11.5 Å². The van der Waals surface area contributed by atoms with E-state index in [2.05, 4.69) is 48.6 Å². The Kier molecular flexibility index (Phi) is 9.32. The molecule has 180 valence electrons. The molecule has 0 amide bonds. The molecule has 33 heavy (non-hydrogen) atoms. The standard InChI is InChI=1S/C25H39N7O/c1-8-11-22-24(19-14-28-32(16-19)20(9-2)10-3)29-21(17-31(22)7)18(12-26)13-27-15-23(30-33)25(4,5)6/h11-14,16-17,20,23,26-27H,8-10,15H2,1-7H3/b18-13+,22-11-,26-12?. The lowest BCUT2D eigenvalue weighted by Crippen LogP contribution is -2.33. The molecule has 2 heterocycles. The van der Waals surface area contributed by atoms with Crippen molar-refractivity contribution in [3.05, 3.63) is 58.3 Å². The third-order valence-electron chi connectivity index (χ3n) is 5.91. The minimum atomic E-state index is -0.377. The molecule has 0 fully saturated rings. The van der Waals surface area contributed by atoms with Gasteiger partial charge in [0.2, 0.25) is 0 Å². The molecule has 2 rings (SSSR count). The highest BCUT2D eigenvalue weighted by Crippen LogP contribution is 2.26. The van der Waals surface area contributed by atoms with Gasteiger partial charge in [-0.2, -0.15) is 10.0 Å². The summed E-state index contributed by atoms with van der Waals surface area (Å²) in [6.07, 6.45) is 13.9.